The summed E-state index contributed by atoms with van der Waals surface area (Å²) in [7, 11) is 1.71. The fourth-order valence-corrected chi connectivity index (χ4v) is 2.09. The molecule has 1 aliphatic rings. The van der Waals surface area contributed by atoms with E-state index in [1.54, 1.807) is 7.11 Å². The summed E-state index contributed by atoms with van der Waals surface area (Å²) in [6.07, 6.45) is 3.06. The maximum atomic E-state index is 5.68. The third kappa shape index (κ3) is 9.66. The molecule has 6 nitrogen and oxygen atoms in total. The smallest absolute Gasteiger partial charge is 0.191 e. The average Bonchev–Trinajstić information content (AvgIpc) is 3.00. The van der Waals surface area contributed by atoms with Gasteiger partial charge in [0.05, 0.1) is 13.2 Å². The van der Waals surface area contributed by atoms with Crippen LogP contribution in [0, 0.1) is 5.92 Å². The van der Waals surface area contributed by atoms with Gasteiger partial charge in [0.1, 0.15) is 0 Å². The van der Waals surface area contributed by atoms with Gasteiger partial charge in [-0.1, -0.05) is 0 Å². The Morgan fingerprint density at radius 2 is 2.19 bits per heavy atom. The van der Waals surface area contributed by atoms with Crippen molar-refractivity contribution in [1.29, 1.82) is 0 Å². The minimum atomic E-state index is 0.595. The largest absolute Gasteiger partial charge is 0.385 e. The van der Waals surface area contributed by atoms with Crippen molar-refractivity contribution >= 4 is 5.96 Å². The Balaban J connectivity index is 2.00. The molecule has 0 aliphatic carbocycles. The molecule has 0 aromatic heterocycles. The second-order valence-electron chi connectivity index (χ2n) is 5.19. The monoisotopic (exact) mass is 301 g/mol. The van der Waals surface area contributed by atoms with Crippen LogP contribution in [0.5, 0.6) is 0 Å². The highest BCUT2D eigenvalue weighted by molar-refractivity contribution is 5.79. The second kappa shape index (κ2) is 12.9. The molecule has 1 fully saturated rings. The van der Waals surface area contributed by atoms with E-state index in [0.29, 0.717) is 5.92 Å². The first-order valence-electron chi connectivity index (χ1n) is 8.03. The molecule has 0 amide bonds. The van der Waals surface area contributed by atoms with Crippen LogP contribution in [-0.4, -0.2) is 65.7 Å². The lowest BCUT2D eigenvalue weighted by molar-refractivity contribution is 0.0888. The third-order valence-electron chi connectivity index (χ3n) is 3.26. The quantitative estimate of drug-likeness (QED) is 0.339. The van der Waals surface area contributed by atoms with Crippen molar-refractivity contribution in [2.75, 3.05) is 59.8 Å². The van der Waals surface area contributed by atoms with Crippen molar-refractivity contribution in [1.82, 2.24) is 10.6 Å². The standard InChI is InChI=1S/C15H31N3O3/c1-3-16-15(17-7-4-9-19-2)18-8-5-10-20-12-14-6-11-21-13-14/h14H,3-13H2,1-2H3,(H2,16,17,18). The Bertz CT molecular complexity index is 269. The molecular weight excluding hydrogens is 270 g/mol. The Hall–Kier alpha value is -0.850. The molecule has 1 rings (SSSR count). The van der Waals surface area contributed by atoms with E-state index in [1.165, 1.54) is 0 Å². The normalized spacial score (nSPS) is 19.0. The number of guanidine groups is 1. The van der Waals surface area contributed by atoms with Gasteiger partial charge in [0, 0.05) is 52.5 Å². The summed E-state index contributed by atoms with van der Waals surface area (Å²) in [5.41, 5.74) is 0. The Morgan fingerprint density at radius 3 is 2.90 bits per heavy atom. The third-order valence-corrected chi connectivity index (χ3v) is 3.26. The first kappa shape index (κ1) is 18.2. The molecule has 0 aromatic carbocycles. The van der Waals surface area contributed by atoms with Crippen LogP contribution in [0.2, 0.25) is 0 Å². The Morgan fingerprint density at radius 1 is 1.29 bits per heavy atom. The molecule has 0 aromatic rings. The van der Waals surface area contributed by atoms with E-state index < -0.39 is 0 Å². The van der Waals surface area contributed by atoms with E-state index in [1.807, 2.05) is 0 Å². The number of hydrogen-bond acceptors (Lipinski definition) is 4. The van der Waals surface area contributed by atoms with Gasteiger partial charge in [0.25, 0.3) is 0 Å². The Labute approximate surface area is 128 Å². The molecule has 0 bridgehead atoms. The van der Waals surface area contributed by atoms with Crippen LogP contribution in [0.4, 0.5) is 0 Å². The summed E-state index contributed by atoms with van der Waals surface area (Å²) in [5, 5.41) is 6.56. The van der Waals surface area contributed by atoms with Crippen molar-refractivity contribution in [2.45, 2.75) is 26.2 Å². The lowest BCUT2D eigenvalue weighted by atomic mass is 10.1. The average molecular weight is 301 g/mol. The van der Waals surface area contributed by atoms with E-state index >= 15 is 0 Å². The van der Waals surface area contributed by atoms with E-state index in [2.05, 4.69) is 22.5 Å². The van der Waals surface area contributed by atoms with Gasteiger partial charge in [-0.25, -0.2) is 0 Å². The molecule has 0 spiro atoms. The van der Waals surface area contributed by atoms with Gasteiger partial charge in [-0.2, -0.15) is 0 Å². The summed E-state index contributed by atoms with van der Waals surface area (Å²) in [6, 6.07) is 0. The number of hydrogen-bond donors (Lipinski definition) is 2. The van der Waals surface area contributed by atoms with Crippen LogP contribution in [0.25, 0.3) is 0 Å². The van der Waals surface area contributed by atoms with E-state index in [4.69, 9.17) is 14.2 Å². The van der Waals surface area contributed by atoms with Gasteiger partial charge in [0.2, 0.25) is 0 Å². The van der Waals surface area contributed by atoms with Gasteiger partial charge in [-0.05, 0) is 26.2 Å². The van der Waals surface area contributed by atoms with Crippen LogP contribution >= 0.6 is 0 Å². The molecule has 1 unspecified atom stereocenters. The molecule has 2 N–H and O–H groups in total. The number of ether oxygens (including phenoxy) is 3. The van der Waals surface area contributed by atoms with E-state index in [9.17, 15) is 0 Å². The van der Waals surface area contributed by atoms with Crippen LogP contribution in [0.1, 0.15) is 26.2 Å². The molecule has 0 saturated carbocycles. The zero-order chi connectivity index (χ0) is 15.2. The fraction of sp³-hybridized carbons (Fsp3) is 0.933. The molecule has 21 heavy (non-hydrogen) atoms. The topological polar surface area (TPSA) is 64.1 Å². The molecule has 0 radical (unpaired) electrons. The predicted molar refractivity (Wildman–Crippen MR) is 84.8 cm³/mol. The lowest BCUT2D eigenvalue weighted by Crippen LogP contribution is -2.38. The van der Waals surface area contributed by atoms with Crippen LogP contribution in [0.3, 0.4) is 0 Å². The summed E-state index contributed by atoms with van der Waals surface area (Å²) in [5.74, 6) is 1.47. The van der Waals surface area contributed by atoms with E-state index in [-0.39, 0.29) is 0 Å². The first-order valence-corrected chi connectivity index (χ1v) is 8.03. The fourth-order valence-electron chi connectivity index (χ4n) is 2.09. The number of aliphatic imine (C=N–C) groups is 1. The maximum Gasteiger partial charge on any atom is 0.191 e. The number of methoxy groups -OCH3 is 1. The summed E-state index contributed by atoms with van der Waals surface area (Å²) in [6.45, 7) is 8.70. The lowest BCUT2D eigenvalue weighted by Gasteiger charge is -2.12. The zero-order valence-corrected chi connectivity index (χ0v) is 13.5. The number of rotatable bonds is 11. The van der Waals surface area contributed by atoms with Crippen molar-refractivity contribution in [3.63, 3.8) is 0 Å². The molecule has 1 aliphatic heterocycles. The van der Waals surface area contributed by atoms with Gasteiger partial charge in [0.15, 0.2) is 5.96 Å². The van der Waals surface area contributed by atoms with Crippen molar-refractivity contribution in [3.05, 3.63) is 0 Å². The minimum Gasteiger partial charge on any atom is -0.385 e. The molecule has 6 heteroatoms. The second-order valence-corrected chi connectivity index (χ2v) is 5.19. The van der Waals surface area contributed by atoms with Crippen molar-refractivity contribution < 1.29 is 14.2 Å². The molecule has 1 heterocycles. The number of nitrogens with zero attached hydrogens (tertiary/aromatic N) is 1. The predicted octanol–water partition coefficient (Wildman–Crippen LogP) is 1.02. The van der Waals surface area contributed by atoms with Gasteiger partial charge >= 0.3 is 0 Å². The zero-order valence-electron chi connectivity index (χ0n) is 13.5. The summed E-state index contributed by atoms with van der Waals surface area (Å²) < 4.78 is 16.0. The minimum absolute atomic E-state index is 0.595. The highest BCUT2D eigenvalue weighted by Gasteiger charge is 2.15. The van der Waals surface area contributed by atoms with Gasteiger partial charge < -0.3 is 24.8 Å². The van der Waals surface area contributed by atoms with Gasteiger partial charge in [-0.3, -0.25) is 4.99 Å². The first-order chi connectivity index (χ1) is 10.4. The van der Waals surface area contributed by atoms with Crippen LogP contribution < -0.4 is 10.6 Å². The van der Waals surface area contributed by atoms with E-state index in [0.717, 1.165) is 77.9 Å². The summed E-state index contributed by atoms with van der Waals surface area (Å²) >= 11 is 0. The van der Waals surface area contributed by atoms with Crippen molar-refractivity contribution in [3.8, 4) is 0 Å². The Kier molecular flexibility index (Phi) is 11.1. The molecule has 1 atom stereocenters. The SMILES string of the molecule is CCNC(=NCCCOC)NCCCOCC1CCOC1. The molecule has 1 saturated heterocycles. The van der Waals surface area contributed by atoms with Gasteiger partial charge in [-0.15, -0.1) is 0 Å². The highest BCUT2D eigenvalue weighted by Crippen LogP contribution is 2.12. The van der Waals surface area contributed by atoms with Crippen LogP contribution in [0.15, 0.2) is 4.99 Å². The highest BCUT2D eigenvalue weighted by atomic mass is 16.5. The van der Waals surface area contributed by atoms with Crippen LogP contribution in [-0.2, 0) is 14.2 Å². The molecular formula is C15H31N3O3. The maximum absolute atomic E-state index is 5.68. The summed E-state index contributed by atoms with van der Waals surface area (Å²) in [4.78, 5) is 4.49. The number of nitrogens with one attached hydrogen (secondary N) is 2. The van der Waals surface area contributed by atoms with Crippen molar-refractivity contribution in [2.24, 2.45) is 10.9 Å². The molecule has 124 valence electrons.